The van der Waals surface area contributed by atoms with Gasteiger partial charge in [0, 0.05) is 18.7 Å². The van der Waals surface area contributed by atoms with Gasteiger partial charge in [0.05, 0.1) is 19.6 Å². The van der Waals surface area contributed by atoms with E-state index in [2.05, 4.69) is 4.72 Å². The van der Waals surface area contributed by atoms with Gasteiger partial charge >= 0.3 is 0 Å². The van der Waals surface area contributed by atoms with Crippen LogP contribution in [0.4, 0.5) is 5.69 Å². The molecule has 0 aliphatic heterocycles. The molecule has 32 heavy (non-hydrogen) atoms. The van der Waals surface area contributed by atoms with Crippen molar-refractivity contribution in [3.05, 3.63) is 93.5 Å². The van der Waals surface area contributed by atoms with Crippen LogP contribution in [0.1, 0.15) is 16.7 Å². The Morgan fingerprint density at radius 1 is 0.844 bits per heavy atom. The largest absolute Gasteiger partial charge is 0.269 e. The minimum absolute atomic E-state index is 0.0449. The lowest BCUT2D eigenvalue weighted by molar-refractivity contribution is -0.384. The molecule has 8 nitrogen and oxygen atoms in total. The SMILES string of the molecule is Cc1ccc(S(=O)(=O)c2ccc(C)c(S(=O)(=O)NCCc3ccc([N+](=O)[O-])cc3)c2)cc1. The molecule has 0 fully saturated rings. The summed E-state index contributed by atoms with van der Waals surface area (Å²) in [6.45, 7) is 3.48. The Bertz CT molecular complexity index is 1350. The molecule has 3 aromatic carbocycles. The number of non-ortho nitro benzene ring substituents is 1. The van der Waals surface area contributed by atoms with Gasteiger partial charge in [-0.25, -0.2) is 21.6 Å². The van der Waals surface area contributed by atoms with Crippen molar-refractivity contribution in [3.63, 3.8) is 0 Å². The zero-order valence-corrected chi connectivity index (χ0v) is 19.1. The number of nitro benzene ring substituents is 1. The van der Waals surface area contributed by atoms with Crippen molar-refractivity contribution >= 4 is 25.5 Å². The number of sulfonamides is 1. The molecule has 0 atom stereocenters. The molecule has 10 heteroatoms. The van der Waals surface area contributed by atoms with E-state index < -0.39 is 24.8 Å². The molecule has 0 aliphatic carbocycles. The maximum absolute atomic E-state index is 12.9. The molecular weight excluding hydrogens is 452 g/mol. The van der Waals surface area contributed by atoms with Crippen LogP contribution in [0.25, 0.3) is 0 Å². The molecule has 0 saturated carbocycles. The van der Waals surface area contributed by atoms with Crippen LogP contribution in [0.5, 0.6) is 0 Å². The van der Waals surface area contributed by atoms with Crippen LogP contribution in [0.3, 0.4) is 0 Å². The normalized spacial score (nSPS) is 11.9. The van der Waals surface area contributed by atoms with Crippen molar-refractivity contribution in [3.8, 4) is 0 Å². The van der Waals surface area contributed by atoms with E-state index in [0.717, 1.165) is 11.1 Å². The summed E-state index contributed by atoms with van der Waals surface area (Å²) in [7, 11) is -7.85. The van der Waals surface area contributed by atoms with Crippen LogP contribution in [-0.4, -0.2) is 28.3 Å². The van der Waals surface area contributed by atoms with Crippen molar-refractivity contribution in [1.82, 2.24) is 4.72 Å². The maximum Gasteiger partial charge on any atom is 0.269 e. The van der Waals surface area contributed by atoms with Gasteiger partial charge in [0.2, 0.25) is 19.9 Å². The molecule has 0 unspecified atom stereocenters. The third-order valence-electron chi connectivity index (χ3n) is 4.94. The average Bonchev–Trinajstić information content (AvgIpc) is 2.74. The number of rotatable bonds is 8. The van der Waals surface area contributed by atoms with Crippen molar-refractivity contribution in [2.24, 2.45) is 0 Å². The number of nitrogens with one attached hydrogen (secondary N) is 1. The Labute approximate surface area is 187 Å². The third-order valence-corrected chi connectivity index (χ3v) is 8.31. The Kier molecular flexibility index (Phi) is 6.77. The highest BCUT2D eigenvalue weighted by molar-refractivity contribution is 7.91. The average molecular weight is 475 g/mol. The van der Waals surface area contributed by atoms with Gasteiger partial charge in [0.1, 0.15) is 0 Å². The monoisotopic (exact) mass is 474 g/mol. The van der Waals surface area contributed by atoms with Gasteiger partial charge < -0.3 is 0 Å². The van der Waals surface area contributed by atoms with Crippen LogP contribution >= 0.6 is 0 Å². The van der Waals surface area contributed by atoms with E-state index in [1.807, 2.05) is 6.92 Å². The summed E-state index contributed by atoms with van der Waals surface area (Å²) in [5.41, 5.74) is 2.01. The minimum atomic E-state index is -3.98. The fraction of sp³-hybridized carbons (Fsp3) is 0.182. The molecule has 0 aromatic heterocycles. The summed E-state index contributed by atoms with van der Waals surface area (Å²) in [4.78, 5) is 10.1. The van der Waals surface area contributed by atoms with Crippen LogP contribution in [0.2, 0.25) is 0 Å². The van der Waals surface area contributed by atoms with Crippen LogP contribution < -0.4 is 4.72 Å². The zero-order valence-electron chi connectivity index (χ0n) is 17.5. The number of nitro groups is 1. The summed E-state index contributed by atoms with van der Waals surface area (Å²) in [5, 5.41) is 10.7. The van der Waals surface area contributed by atoms with E-state index in [9.17, 15) is 26.9 Å². The van der Waals surface area contributed by atoms with Crippen LogP contribution in [-0.2, 0) is 26.3 Å². The van der Waals surface area contributed by atoms with Gasteiger partial charge in [-0.05, 0) is 55.7 Å². The first kappa shape index (κ1) is 23.6. The van der Waals surface area contributed by atoms with Crippen molar-refractivity contribution in [2.75, 3.05) is 6.54 Å². The van der Waals surface area contributed by atoms with Gasteiger partial charge in [-0.3, -0.25) is 10.1 Å². The molecule has 3 rings (SSSR count). The number of hydrogen-bond donors (Lipinski definition) is 1. The lowest BCUT2D eigenvalue weighted by Crippen LogP contribution is -2.27. The van der Waals surface area contributed by atoms with E-state index in [4.69, 9.17) is 0 Å². The highest BCUT2D eigenvalue weighted by atomic mass is 32.2. The Hall–Kier alpha value is -3.08. The lowest BCUT2D eigenvalue weighted by Gasteiger charge is -2.12. The summed E-state index contributed by atoms with van der Waals surface area (Å²) in [5.74, 6) is 0. The Morgan fingerprint density at radius 2 is 1.44 bits per heavy atom. The molecule has 0 saturated heterocycles. The molecule has 0 bridgehead atoms. The summed E-state index contributed by atoms with van der Waals surface area (Å²) in [6, 6.07) is 16.2. The minimum Gasteiger partial charge on any atom is -0.258 e. The highest BCUT2D eigenvalue weighted by Crippen LogP contribution is 2.25. The van der Waals surface area contributed by atoms with Gasteiger partial charge in [-0.15, -0.1) is 0 Å². The molecular formula is C22H22N2O6S2. The number of hydrogen-bond acceptors (Lipinski definition) is 6. The quantitative estimate of drug-likeness (QED) is 0.393. The maximum atomic E-state index is 12.9. The van der Waals surface area contributed by atoms with Crippen LogP contribution in [0.15, 0.2) is 81.4 Å². The predicted molar refractivity (Wildman–Crippen MR) is 120 cm³/mol. The van der Waals surface area contributed by atoms with Gasteiger partial charge in [-0.2, -0.15) is 0 Å². The second-order valence-corrected chi connectivity index (χ2v) is 11.0. The predicted octanol–water partition coefficient (Wildman–Crippen LogP) is 3.57. The van der Waals surface area contributed by atoms with E-state index in [0.29, 0.717) is 12.0 Å². The molecule has 3 aromatic rings. The topological polar surface area (TPSA) is 123 Å². The van der Waals surface area contributed by atoms with E-state index in [1.54, 1.807) is 31.2 Å². The van der Waals surface area contributed by atoms with Gasteiger partial charge in [0.15, 0.2) is 0 Å². The molecule has 0 aliphatic rings. The standard InChI is InChI=1S/C22H22N2O6S2/c1-16-3-10-20(11-4-16)31(27,28)21-12-5-17(2)22(15-21)32(29,30)23-14-13-18-6-8-19(9-7-18)24(25)26/h3-12,15,23H,13-14H2,1-2H3. The van der Waals surface area contributed by atoms with E-state index >= 15 is 0 Å². The number of nitrogens with zero attached hydrogens (tertiary/aromatic N) is 1. The van der Waals surface area contributed by atoms with Crippen LogP contribution in [0, 0.1) is 24.0 Å². The Balaban J connectivity index is 1.80. The first-order valence-corrected chi connectivity index (χ1v) is 12.6. The second kappa shape index (κ2) is 9.19. The number of sulfone groups is 1. The fourth-order valence-electron chi connectivity index (χ4n) is 3.08. The molecule has 0 radical (unpaired) electrons. The summed E-state index contributed by atoms with van der Waals surface area (Å²) in [6.07, 6.45) is 0.317. The third kappa shape index (κ3) is 5.21. The second-order valence-electron chi connectivity index (χ2n) is 7.32. The van der Waals surface area contributed by atoms with Gasteiger partial charge in [0.25, 0.3) is 5.69 Å². The summed E-state index contributed by atoms with van der Waals surface area (Å²) < 4.78 is 54.1. The first-order valence-electron chi connectivity index (χ1n) is 9.66. The molecule has 168 valence electrons. The number of aryl methyl sites for hydroxylation is 2. The van der Waals surface area contributed by atoms with Gasteiger partial charge in [-0.1, -0.05) is 35.9 Å². The fourth-order valence-corrected chi connectivity index (χ4v) is 5.74. The van der Waals surface area contributed by atoms with Crippen molar-refractivity contribution in [2.45, 2.75) is 35.0 Å². The number of benzene rings is 3. The smallest absolute Gasteiger partial charge is 0.258 e. The van der Waals surface area contributed by atoms with E-state index in [-0.39, 0.29) is 26.9 Å². The summed E-state index contributed by atoms with van der Waals surface area (Å²) >= 11 is 0. The first-order chi connectivity index (χ1) is 15.0. The van der Waals surface area contributed by atoms with Crippen molar-refractivity contribution in [1.29, 1.82) is 0 Å². The lowest BCUT2D eigenvalue weighted by atomic mass is 10.1. The molecule has 0 amide bonds. The molecule has 0 heterocycles. The zero-order chi connectivity index (χ0) is 23.5. The molecule has 0 spiro atoms. The Morgan fingerprint density at radius 3 is 2.03 bits per heavy atom. The van der Waals surface area contributed by atoms with E-state index in [1.165, 1.54) is 42.5 Å². The highest BCUT2D eigenvalue weighted by Gasteiger charge is 2.23. The molecule has 1 N–H and O–H groups in total. The van der Waals surface area contributed by atoms with Crippen molar-refractivity contribution < 1.29 is 21.8 Å².